The van der Waals surface area contributed by atoms with Crippen molar-refractivity contribution in [1.29, 1.82) is 0 Å². The molecule has 0 unspecified atom stereocenters. The fourth-order valence-corrected chi connectivity index (χ4v) is 2.39. The number of thiazole rings is 1. The molecule has 102 valence electrons. The lowest BCUT2D eigenvalue weighted by Crippen LogP contribution is -2.28. The summed E-state index contributed by atoms with van der Waals surface area (Å²) in [4.78, 5) is 18.6. The molecule has 0 atom stereocenters. The van der Waals surface area contributed by atoms with E-state index >= 15 is 0 Å². The Morgan fingerprint density at radius 2 is 2.22 bits per heavy atom. The highest BCUT2D eigenvalue weighted by atomic mass is 32.1. The van der Waals surface area contributed by atoms with Crippen LogP contribution in [-0.4, -0.2) is 35.9 Å². The van der Waals surface area contributed by atoms with Crippen LogP contribution in [0.1, 0.15) is 36.9 Å². The summed E-state index contributed by atoms with van der Waals surface area (Å²) in [5.41, 5.74) is 5.78. The zero-order valence-electron chi connectivity index (χ0n) is 11.5. The van der Waals surface area contributed by atoms with Gasteiger partial charge in [0, 0.05) is 20.1 Å². The van der Waals surface area contributed by atoms with E-state index in [1.165, 1.54) is 11.3 Å². The van der Waals surface area contributed by atoms with Crippen molar-refractivity contribution < 1.29 is 4.79 Å². The van der Waals surface area contributed by atoms with Gasteiger partial charge >= 0.3 is 0 Å². The van der Waals surface area contributed by atoms with Crippen LogP contribution in [0.25, 0.3) is 0 Å². The van der Waals surface area contributed by atoms with Crippen molar-refractivity contribution in [3.63, 3.8) is 0 Å². The lowest BCUT2D eigenvalue weighted by atomic mass is 10.1. The molecular formula is C12H22N4OS. The van der Waals surface area contributed by atoms with E-state index < -0.39 is 0 Å². The lowest BCUT2D eigenvalue weighted by molar-refractivity contribution is 0.0794. The van der Waals surface area contributed by atoms with Gasteiger partial charge in [-0.2, -0.15) is 0 Å². The number of aromatic nitrogens is 1. The second-order valence-corrected chi connectivity index (χ2v) is 5.67. The number of nitrogens with two attached hydrogens (primary N) is 1. The summed E-state index contributed by atoms with van der Waals surface area (Å²) in [6, 6.07) is 0. The van der Waals surface area contributed by atoms with E-state index in [-0.39, 0.29) is 5.91 Å². The van der Waals surface area contributed by atoms with Crippen LogP contribution in [0.2, 0.25) is 0 Å². The highest BCUT2D eigenvalue weighted by Crippen LogP contribution is 2.26. The molecule has 0 fully saturated rings. The van der Waals surface area contributed by atoms with Gasteiger partial charge in [0.1, 0.15) is 10.7 Å². The second kappa shape index (κ2) is 6.58. The maximum atomic E-state index is 12.2. The summed E-state index contributed by atoms with van der Waals surface area (Å²) < 4.78 is 0. The molecule has 0 aliphatic rings. The van der Waals surface area contributed by atoms with Crippen LogP contribution >= 0.6 is 11.3 Å². The van der Waals surface area contributed by atoms with Crippen LogP contribution in [0.3, 0.4) is 0 Å². The molecule has 18 heavy (non-hydrogen) atoms. The van der Waals surface area contributed by atoms with E-state index in [0.717, 1.165) is 19.5 Å². The number of nitrogen functional groups attached to an aromatic ring is 1. The minimum absolute atomic E-state index is 0.0465. The second-order valence-electron chi connectivity index (χ2n) is 4.67. The van der Waals surface area contributed by atoms with Crippen molar-refractivity contribution in [2.45, 2.75) is 27.2 Å². The molecule has 1 aromatic rings. The van der Waals surface area contributed by atoms with Gasteiger partial charge in [-0.05, 0) is 19.3 Å². The molecule has 0 spiro atoms. The lowest BCUT2D eigenvalue weighted by Gasteiger charge is -2.17. The van der Waals surface area contributed by atoms with Gasteiger partial charge in [0.25, 0.3) is 5.91 Å². The number of nitrogens with zero attached hydrogens (tertiary/aromatic N) is 2. The average molecular weight is 270 g/mol. The summed E-state index contributed by atoms with van der Waals surface area (Å²) in [6.07, 6.45) is 0.987. The van der Waals surface area contributed by atoms with Crippen molar-refractivity contribution in [3.05, 3.63) is 4.88 Å². The highest BCUT2D eigenvalue weighted by Gasteiger charge is 2.19. The first-order valence-electron chi connectivity index (χ1n) is 6.21. The Labute approximate surface area is 112 Å². The predicted octanol–water partition coefficient (Wildman–Crippen LogP) is 2.28. The Morgan fingerprint density at radius 1 is 1.56 bits per heavy atom. The maximum absolute atomic E-state index is 12.2. The number of hydrogen-bond donors (Lipinski definition) is 2. The predicted molar refractivity (Wildman–Crippen MR) is 77.1 cm³/mol. The largest absolute Gasteiger partial charge is 0.382 e. The quantitative estimate of drug-likeness (QED) is 0.832. The monoisotopic (exact) mass is 270 g/mol. The molecule has 0 aliphatic carbocycles. The third-order valence-electron chi connectivity index (χ3n) is 2.56. The van der Waals surface area contributed by atoms with Crippen molar-refractivity contribution >= 4 is 28.2 Å². The minimum atomic E-state index is -0.0465. The third-order valence-corrected chi connectivity index (χ3v) is 3.58. The van der Waals surface area contributed by atoms with Gasteiger partial charge in [0.15, 0.2) is 5.13 Å². The van der Waals surface area contributed by atoms with Gasteiger partial charge in [-0.1, -0.05) is 25.2 Å². The molecule has 1 aromatic heterocycles. The number of amides is 1. The van der Waals surface area contributed by atoms with E-state index in [4.69, 9.17) is 5.73 Å². The first kappa shape index (κ1) is 14.8. The van der Waals surface area contributed by atoms with Gasteiger partial charge in [-0.3, -0.25) is 4.79 Å². The summed E-state index contributed by atoms with van der Waals surface area (Å²) in [6.45, 7) is 7.77. The van der Waals surface area contributed by atoms with E-state index in [2.05, 4.69) is 24.1 Å². The van der Waals surface area contributed by atoms with Crippen LogP contribution in [0.15, 0.2) is 0 Å². The summed E-state index contributed by atoms with van der Waals surface area (Å²) in [5.74, 6) is 0.850. The Bertz CT molecular complexity index is 403. The fourth-order valence-electron chi connectivity index (χ4n) is 1.44. The Morgan fingerprint density at radius 3 is 2.78 bits per heavy atom. The standard InChI is InChI=1S/C12H22N4OS/c1-5-14-12-15-10(13)9(18-12)11(17)16(4)7-6-8(2)3/h8H,5-7,13H2,1-4H3,(H,14,15). The smallest absolute Gasteiger partial charge is 0.267 e. The fraction of sp³-hybridized carbons (Fsp3) is 0.667. The number of rotatable bonds is 6. The average Bonchev–Trinajstić information content (AvgIpc) is 2.66. The van der Waals surface area contributed by atoms with Gasteiger partial charge in [-0.15, -0.1) is 0 Å². The van der Waals surface area contributed by atoms with E-state index in [1.54, 1.807) is 11.9 Å². The first-order chi connectivity index (χ1) is 8.45. The maximum Gasteiger partial charge on any atom is 0.267 e. The van der Waals surface area contributed by atoms with Crippen LogP contribution in [0, 0.1) is 5.92 Å². The van der Waals surface area contributed by atoms with Crippen molar-refractivity contribution in [1.82, 2.24) is 9.88 Å². The Hall–Kier alpha value is -1.30. The molecule has 1 heterocycles. The van der Waals surface area contributed by atoms with Gasteiger partial charge in [-0.25, -0.2) is 4.98 Å². The summed E-state index contributed by atoms with van der Waals surface area (Å²) >= 11 is 1.32. The van der Waals surface area contributed by atoms with Crippen LogP contribution in [0.5, 0.6) is 0 Å². The van der Waals surface area contributed by atoms with Crippen LogP contribution in [-0.2, 0) is 0 Å². The molecule has 0 bridgehead atoms. The molecule has 0 saturated heterocycles. The zero-order valence-corrected chi connectivity index (χ0v) is 12.3. The summed E-state index contributed by atoms with van der Waals surface area (Å²) in [5, 5.41) is 3.77. The molecule has 3 N–H and O–H groups in total. The normalized spacial score (nSPS) is 10.7. The highest BCUT2D eigenvalue weighted by molar-refractivity contribution is 7.18. The SMILES string of the molecule is CCNc1nc(N)c(C(=O)N(C)CCC(C)C)s1. The number of nitrogens with one attached hydrogen (secondary N) is 1. The van der Waals surface area contributed by atoms with Gasteiger partial charge in [0.05, 0.1) is 0 Å². The number of anilines is 2. The number of hydrogen-bond acceptors (Lipinski definition) is 5. The molecule has 6 heteroatoms. The summed E-state index contributed by atoms with van der Waals surface area (Å²) in [7, 11) is 1.80. The Kier molecular flexibility index (Phi) is 5.40. The van der Waals surface area contributed by atoms with E-state index in [9.17, 15) is 4.79 Å². The third kappa shape index (κ3) is 3.87. The van der Waals surface area contributed by atoms with E-state index in [0.29, 0.717) is 21.7 Å². The van der Waals surface area contributed by atoms with Gasteiger partial charge < -0.3 is 16.0 Å². The molecule has 1 amide bonds. The molecular weight excluding hydrogens is 248 g/mol. The van der Waals surface area contributed by atoms with Gasteiger partial charge in [0.2, 0.25) is 0 Å². The van der Waals surface area contributed by atoms with E-state index in [1.807, 2.05) is 6.92 Å². The molecule has 1 rings (SSSR count). The molecule has 0 aliphatic heterocycles. The number of carbonyl (C=O) groups is 1. The molecule has 0 saturated carbocycles. The van der Waals surface area contributed by atoms with Crippen molar-refractivity contribution in [2.75, 3.05) is 31.2 Å². The zero-order chi connectivity index (χ0) is 13.7. The minimum Gasteiger partial charge on any atom is -0.382 e. The Balaban J connectivity index is 2.70. The topological polar surface area (TPSA) is 71.2 Å². The van der Waals surface area contributed by atoms with Crippen molar-refractivity contribution in [3.8, 4) is 0 Å². The molecule has 5 nitrogen and oxygen atoms in total. The molecule has 0 aromatic carbocycles. The van der Waals surface area contributed by atoms with Crippen LogP contribution in [0.4, 0.5) is 10.9 Å². The van der Waals surface area contributed by atoms with Crippen molar-refractivity contribution in [2.24, 2.45) is 5.92 Å². The number of carbonyl (C=O) groups excluding carboxylic acids is 1. The first-order valence-corrected chi connectivity index (χ1v) is 7.03. The molecule has 0 radical (unpaired) electrons. The van der Waals surface area contributed by atoms with Crippen LogP contribution < -0.4 is 11.1 Å².